The topological polar surface area (TPSA) is 46.2 Å². The molecule has 0 aliphatic heterocycles. The highest BCUT2D eigenvalue weighted by Crippen LogP contribution is 2.28. The highest BCUT2D eigenvalue weighted by molar-refractivity contribution is 6.31. The van der Waals surface area contributed by atoms with Crippen molar-refractivity contribution < 1.29 is 5.11 Å². The molecule has 0 saturated heterocycles. The number of benzene rings is 2. The molecule has 0 atom stereocenters. The van der Waals surface area contributed by atoms with Gasteiger partial charge < -0.3 is 10.8 Å². The molecule has 2 aromatic rings. The molecule has 2 aromatic carbocycles. The number of anilines is 1. The van der Waals surface area contributed by atoms with Gasteiger partial charge in [0.15, 0.2) is 0 Å². The van der Waals surface area contributed by atoms with E-state index in [1.54, 1.807) is 12.1 Å². The molecule has 0 bridgehead atoms. The lowest BCUT2D eigenvalue weighted by atomic mass is 10.0. The van der Waals surface area contributed by atoms with Crippen molar-refractivity contribution in [2.45, 2.75) is 6.61 Å². The number of aliphatic hydroxyl groups excluding tert-OH is 1. The summed E-state index contributed by atoms with van der Waals surface area (Å²) in [5.74, 6) is 0. The van der Waals surface area contributed by atoms with Crippen LogP contribution in [0.4, 0.5) is 5.69 Å². The van der Waals surface area contributed by atoms with E-state index in [4.69, 9.17) is 22.4 Å². The minimum Gasteiger partial charge on any atom is -0.398 e. The van der Waals surface area contributed by atoms with Crippen molar-refractivity contribution in [2.75, 3.05) is 5.73 Å². The Balaban J connectivity index is 2.49. The first-order valence-corrected chi connectivity index (χ1v) is 5.33. The summed E-state index contributed by atoms with van der Waals surface area (Å²) >= 11 is 5.84. The van der Waals surface area contributed by atoms with Crippen LogP contribution < -0.4 is 5.73 Å². The van der Waals surface area contributed by atoms with Gasteiger partial charge in [0.1, 0.15) is 0 Å². The molecule has 2 rings (SSSR count). The van der Waals surface area contributed by atoms with Crippen LogP contribution in [0.3, 0.4) is 0 Å². The predicted octanol–water partition coefficient (Wildman–Crippen LogP) is 3.08. The van der Waals surface area contributed by atoms with E-state index in [0.717, 1.165) is 16.7 Å². The molecule has 0 unspecified atom stereocenters. The van der Waals surface area contributed by atoms with E-state index in [1.807, 2.05) is 30.3 Å². The molecule has 3 N–H and O–H groups in total. The quantitative estimate of drug-likeness (QED) is 0.783. The van der Waals surface area contributed by atoms with Crippen LogP contribution in [0.1, 0.15) is 5.56 Å². The van der Waals surface area contributed by atoms with Crippen LogP contribution in [0.2, 0.25) is 5.02 Å². The first-order valence-electron chi connectivity index (χ1n) is 4.96. The van der Waals surface area contributed by atoms with Gasteiger partial charge in [-0.25, -0.2) is 0 Å². The SMILES string of the molecule is Nc1cc(Cl)ccc1-c1cccc(CO)c1. The maximum atomic E-state index is 9.07. The molecule has 2 nitrogen and oxygen atoms in total. The molecule has 0 fully saturated rings. The van der Waals surface area contributed by atoms with Gasteiger partial charge in [0.25, 0.3) is 0 Å². The van der Waals surface area contributed by atoms with Gasteiger partial charge in [0, 0.05) is 16.3 Å². The number of aliphatic hydroxyl groups is 1. The third kappa shape index (κ3) is 2.18. The average Bonchev–Trinajstić information content (AvgIpc) is 2.29. The minimum absolute atomic E-state index is 0.0291. The van der Waals surface area contributed by atoms with Gasteiger partial charge in [0.05, 0.1) is 6.61 Å². The van der Waals surface area contributed by atoms with Gasteiger partial charge in [-0.2, -0.15) is 0 Å². The second-order valence-electron chi connectivity index (χ2n) is 3.59. The number of nitrogens with two attached hydrogens (primary N) is 1. The Kier molecular flexibility index (Phi) is 3.13. The Hall–Kier alpha value is -1.51. The summed E-state index contributed by atoms with van der Waals surface area (Å²) in [6, 6.07) is 13.1. The largest absolute Gasteiger partial charge is 0.398 e. The van der Waals surface area contributed by atoms with E-state index in [-0.39, 0.29) is 6.61 Å². The van der Waals surface area contributed by atoms with Crippen molar-refractivity contribution in [1.29, 1.82) is 0 Å². The second-order valence-corrected chi connectivity index (χ2v) is 4.03. The summed E-state index contributed by atoms with van der Waals surface area (Å²) in [5.41, 5.74) is 9.32. The van der Waals surface area contributed by atoms with Crippen molar-refractivity contribution in [3.63, 3.8) is 0 Å². The van der Waals surface area contributed by atoms with Gasteiger partial charge in [-0.1, -0.05) is 35.9 Å². The molecule has 0 heterocycles. The van der Waals surface area contributed by atoms with E-state index in [2.05, 4.69) is 0 Å². The molecule has 0 spiro atoms. The van der Waals surface area contributed by atoms with Crippen molar-refractivity contribution >= 4 is 17.3 Å². The van der Waals surface area contributed by atoms with Gasteiger partial charge in [0.2, 0.25) is 0 Å². The highest BCUT2D eigenvalue weighted by Gasteiger charge is 2.03. The van der Waals surface area contributed by atoms with Crippen LogP contribution in [0, 0.1) is 0 Å². The lowest BCUT2D eigenvalue weighted by Crippen LogP contribution is -1.91. The third-order valence-electron chi connectivity index (χ3n) is 2.43. The Morgan fingerprint density at radius 3 is 2.62 bits per heavy atom. The fourth-order valence-corrected chi connectivity index (χ4v) is 1.81. The van der Waals surface area contributed by atoms with Gasteiger partial charge in [-0.3, -0.25) is 0 Å². The molecule has 0 amide bonds. The molecule has 0 saturated carbocycles. The average molecular weight is 234 g/mol. The zero-order chi connectivity index (χ0) is 11.5. The monoisotopic (exact) mass is 233 g/mol. The smallest absolute Gasteiger partial charge is 0.0682 e. The summed E-state index contributed by atoms with van der Waals surface area (Å²) in [6.07, 6.45) is 0. The maximum absolute atomic E-state index is 9.07. The van der Waals surface area contributed by atoms with Gasteiger partial charge in [-0.15, -0.1) is 0 Å². The fraction of sp³-hybridized carbons (Fsp3) is 0.0769. The van der Waals surface area contributed by atoms with E-state index in [9.17, 15) is 0 Å². The zero-order valence-electron chi connectivity index (χ0n) is 8.65. The van der Waals surface area contributed by atoms with E-state index >= 15 is 0 Å². The lowest BCUT2D eigenvalue weighted by molar-refractivity contribution is 0.282. The summed E-state index contributed by atoms with van der Waals surface area (Å²) in [5, 5.41) is 9.69. The molecule has 0 aromatic heterocycles. The molecule has 0 aliphatic rings. The van der Waals surface area contributed by atoms with Crippen LogP contribution in [-0.2, 0) is 6.61 Å². The fourth-order valence-electron chi connectivity index (χ4n) is 1.63. The number of nitrogen functional groups attached to an aromatic ring is 1. The van der Waals surface area contributed by atoms with Crippen LogP contribution in [0.15, 0.2) is 42.5 Å². The van der Waals surface area contributed by atoms with Crippen molar-refractivity contribution in [3.8, 4) is 11.1 Å². The summed E-state index contributed by atoms with van der Waals surface area (Å²) < 4.78 is 0. The Morgan fingerprint density at radius 2 is 1.94 bits per heavy atom. The lowest BCUT2D eigenvalue weighted by Gasteiger charge is -2.07. The number of hydrogen-bond donors (Lipinski definition) is 2. The van der Waals surface area contributed by atoms with Gasteiger partial charge >= 0.3 is 0 Å². The van der Waals surface area contributed by atoms with Crippen molar-refractivity contribution in [3.05, 3.63) is 53.1 Å². The first kappa shape index (κ1) is 11.0. The summed E-state index contributed by atoms with van der Waals surface area (Å²) in [7, 11) is 0. The zero-order valence-corrected chi connectivity index (χ0v) is 9.41. The maximum Gasteiger partial charge on any atom is 0.0682 e. The molecule has 0 aliphatic carbocycles. The molecular weight excluding hydrogens is 222 g/mol. The molecule has 82 valence electrons. The normalized spacial score (nSPS) is 10.4. The van der Waals surface area contributed by atoms with E-state index in [0.29, 0.717) is 10.7 Å². The van der Waals surface area contributed by atoms with Gasteiger partial charge in [-0.05, 0) is 29.3 Å². The number of rotatable bonds is 2. The number of halogens is 1. The van der Waals surface area contributed by atoms with Crippen molar-refractivity contribution in [2.24, 2.45) is 0 Å². The summed E-state index contributed by atoms with van der Waals surface area (Å²) in [6.45, 7) is 0.0291. The molecule has 0 radical (unpaired) electrons. The van der Waals surface area contributed by atoms with Crippen LogP contribution >= 0.6 is 11.6 Å². The van der Waals surface area contributed by atoms with Crippen LogP contribution in [-0.4, -0.2) is 5.11 Å². The molecule has 16 heavy (non-hydrogen) atoms. The molecule has 3 heteroatoms. The second kappa shape index (κ2) is 4.56. The third-order valence-corrected chi connectivity index (χ3v) is 2.67. The minimum atomic E-state index is 0.0291. The van der Waals surface area contributed by atoms with E-state index < -0.39 is 0 Å². The van der Waals surface area contributed by atoms with Crippen LogP contribution in [0.5, 0.6) is 0 Å². The Labute approximate surface area is 99.3 Å². The molecular formula is C13H12ClNO. The van der Waals surface area contributed by atoms with Crippen LogP contribution in [0.25, 0.3) is 11.1 Å². The number of hydrogen-bond acceptors (Lipinski definition) is 2. The highest BCUT2D eigenvalue weighted by atomic mass is 35.5. The first-order chi connectivity index (χ1) is 7.70. The predicted molar refractivity (Wildman–Crippen MR) is 67.2 cm³/mol. The standard InChI is InChI=1S/C13H12ClNO/c14-11-4-5-12(13(15)7-11)10-3-1-2-9(6-10)8-16/h1-7,16H,8,15H2. The Morgan fingerprint density at radius 1 is 1.12 bits per heavy atom. The van der Waals surface area contributed by atoms with E-state index in [1.165, 1.54) is 0 Å². The van der Waals surface area contributed by atoms with Crippen molar-refractivity contribution in [1.82, 2.24) is 0 Å². The summed E-state index contributed by atoms with van der Waals surface area (Å²) in [4.78, 5) is 0. The Bertz CT molecular complexity index is 511.